The van der Waals surface area contributed by atoms with E-state index in [1.807, 2.05) is 4.90 Å². The van der Waals surface area contributed by atoms with Crippen LogP contribution in [0.4, 0.5) is 10.1 Å². The van der Waals surface area contributed by atoms with Gasteiger partial charge in [-0.1, -0.05) is 25.4 Å². The third-order valence-electron chi connectivity index (χ3n) is 5.43. The number of hydrogen-bond acceptors (Lipinski definition) is 4. The number of benzene rings is 1. The molecule has 0 amide bonds. The summed E-state index contributed by atoms with van der Waals surface area (Å²) in [6.45, 7) is 5.43. The van der Waals surface area contributed by atoms with E-state index in [0.29, 0.717) is 30.3 Å². The van der Waals surface area contributed by atoms with Crippen molar-refractivity contribution in [2.24, 2.45) is 0 Å². The molecule has 28 heavy (non-hydrogen) atoms. The quantitative estimate of drug-likeness (QED) is 0.794. The van der Waals surface area contributed by atoms with E-state index in [0.717, 1.165) is 25.3 Å². The van der Waals surface area contributed by atoms with Gasteiger partial charge in [-0.05, 0) is 25.3 Å². The molecular weight excluding hydrogens is 385 g/mol. The Morgan fingerprint density at radius 3 is 2.68 bits per heavy atom. The number of anilines is 1. The topological polar surface area (TPSA) is 74.6 Å². The monoisotopic (exact) mass is 407 g/mol. The summed E-state index contributed by atoms with van der Waals surface area (Å²) < 4.78 is 16.8. The molecular formula is C20H23ClFN3O3. The highest BCUT2D eigenvalue weighted by atomic mass is 35.5. The molecule has 1 atom stereocenters. The minimum absolute atomic E-state index is 0.0223. The number of aromatic nitrogens is 1. The van der Waals surface area contributed by atoms with Crippen molar-refractivity contribution in [2.45, 2.75) is 51.2 Å². The van der Waals surface area contributed by atoms with Crippen LogP contribution >= 0.6 is 11.6 Å². The number of nitrogens with zero attached hydrogens (tertiary/aromatic N) is 2. The standard InChI is InChI=1S/C20H23ClFN3O3/c1-10(2)23-11-5-6-24(8-11)18-15(22)7-13-17(16(18)21)25(12-3-4-12)9-14(19(13)26)20(27)28/h7,9-12,23H,3-6,8H2,1-2H3,(H,27,28). The van der Waals surface area contributed by atoms with E-state index in [-0.39, 0.29) is 28.1 Å². The number of hydrogen-bond donors (Lipinski definition) is 2. The SMILES string of the molecule is CC(C)NC1CCN(c2c(F)cc3c(=O)c(C(=O)O)cn(C4CC4)c3c2Cl)C1. The molecule has 1 unspecified atom stereocenters. The Morgan fingerprint density at radius 2 is 2.07 bits per heavy atom. The number of carbonyl (C=O) groups is 1. The molecule has 4 rings (SSSR count). The van der Waals surface area contributed by atoms with Crippen molar-refractivity contribution in [1.29, 1.82) is 0 Å². The fourth-order valence-electron chi connectivity index (χ4n) is 4.09. The van der Waals surface area contributed by atoms with E-state index in [1.54, 1.807) is 4.57 Å². The van der Waals surface area contributed by atoms with Gasteiger partial charge in [-0.25, -0.2) is 9.18 Å². The summed E-state index contributed by atoms with van der Waals surface area (Å²) in [6, 6.07) is 1.81. The Balaban J connectivity index is 1.86. The lowest BCUT2D eigenvalue weighted by atomic mass is 10.1. The Morgan fingerprint density at radius 1 is 1.36 bits per heavy atom. The first-order valence-corrected chi connectivity index (χ1v) is 9.96. The van der Waals surface area contributed by atoms with Gasteiger partial charge in [-0.3, -0.25) is 4.79 Å². The number of fused-ring (bicyclic) bond motifs is 1. The zero-order valence-corrected chi connectivity index (χ0v) is 16.6. The van der Waals surface area contributed by atoms with Crippen molar-refractivity contribution in [3.63, 3.8) is 0 Å². The summed E-state index contributed by atoms with van der Waals surface area (Å²) in [6.07, 6.45) is 3.99. The lowest BCUT2D eigenvalue weighted by Gasteiger charge is -2.24. The van der Waals surface area contributed by atoms with Gasteiger partial charge in [0.15, 0.2) is 0 Å². The molecule has 2 N–H and O–H groups in total. The summed E-state index contributed by atoms with van der Waals surface area (Å²) >= 11 is 6.65. The molecule has 1 aromatic heterocycles. The molecule has 2 aliphatic rings. The highest BCUT2D eigenvalue weighted by Gasteiger charge is 2.32. The molecule has 1 aromatic carbocycles. The second kappa shape index (κ2) is 7.04. The van der Waals surface area contributed by atoms with E-state index in [1.165, 1.54) is 6.20 Å². The van der Waals surface area contributed by atoms with Crippen LogP contribution in [0.2, 0.25) is 5.02 Å². The van der Waals surface area contributed by atoms with Gasteiger partial charge in [0.1, 0.15) is 11.4 Å². The maximum absolute atomic E-state index is 15.0. The fraction of sp³-hybridized carbons (Fsp3) is 0.500. The molecule has 2 fully saturated rings. The number of halogens is 2. The zero-order chi connectivity index (χ0) is 20.2. The smallest absolute Gasteiger partial charge is 0.341 e. The predicted octanol–water partition coefficient (Wildman–Crippen LogP) is 3.40. The first kappa shape index (κ1) is 19.2. The number of carboxylic acid groups (broad SMARTS) is 1. The highest BCUT2D eigenvalue weighted by Crippen LogP contribution is 2.42. The van der Waals surface area contributed by atoms with Gasteiger partial charge in [0.25, 0.3) is 0 Å². The largest absolute Gasteiger partial charge is 0.477 e. The number of rotatable bonds is 5. The normalized spacial score (nSPS) is 19.8. The fourth-order valence-corrected chi connectivity index (χ4v) is 4.49. The Kier molecular flexibility index (Phi) is 4.83. The number of aromatic carboxylic acids is 1. The van der Waals surface area contributed by atoms with E-state index in [4.69, 9.17) is 11.6 Å². The minimum atomic E-state index is -1.32. The molecule has 8 heteroatoms. The lowest BCUT2D eigenvalue weighted by molar-refractivity contribution is 0.0695. The lowest BCUT2D eigenvalue weighted by Crippen LogP contribution is -2.37. The van der Waals surface area contributed by atoms with Crippen molar-refractivity contribution in [2.75, 3.05) is 18.0 Å². The summed E-state index contributed by atoms with van der Waals surface area (Å²) in [4.78, 5) is 26.0. The Hall–Kier alpha value is -2.12. The molecule has 0 radical (unpaired) electrons. The van der Waals surface area contributed by atoms with Crippen LogP contribution in [-0.2, 0) is 0 Å². The van der Waals surface area contributed by atoms with Crippen LogP contribution in [0.3, 0.4) is 0 Å². The maximum atomic E-state index is 15.0. The van der Waals surface area contributed by atoms with Crippen LogP contribution in [0.15, 0.2) is 17.1 Å². The van der Waals surface area contributed by atoms with Crippen molar-refractivity contribution in [1.82, 2.24) is 9.88 Å². The van der Waals surface area contributed by atoms with Crippen LogP contribution in [0, 0.1) is 5.82 Å². The first-order valence-electron chi connectivity index (χ1n) is 9.59. The number of pyridine rings is 1. The Labute approximate surface area is 166 Å². The highest BCUT2D eigenvalue weighted by molar-refractivity contribution is 6.38. The molecule has 1 aliphatic carbocycles. The molecule has 1 saturated carbocycles. The second-order valence-electron chi connectivity index (χ2n) is 7.99. The van der Waals surface area contributed by atoms with E-state index < -0.39 is 17.2 Å². The Bertz CT molecular complexity index is 1020. The average molecular weight is 408 g/mol. The summed E-state index contributed by atoms with van der Waals surface area (Å²) in [5, 5.41) is 13.0. The van der Waals surface area contributed by atoms with Gasteiger partial charge >= 0.3 is 5.97 Å². The van der Waals surface area contributed by atoms with Gasteiger partial charge in [-0.2, -0.15) is 0 Å². The third-order valence-corrected chi connectivity index (χ3v) is 5.79. The van der Waals surface area contributed by atoms with Crippen LogP contribution in [0.5, 0.6) is 0 Å². The van der Waals surface area contributed by atoms with Crippen LogP contribution < -0.4 is 15.6 Å². The van der Waals surface area contributed by atoms with Gasteiger partial charge in [0, 0.05) is 37.4 Å². The van der Waals surface area contributed by atoms with E-state index in [9.17, 15) is 14.7 Å². The van der Waals surface area contributed by atoms with Crippen molar-refractivity contribution in [3.8, 4) is 0 Å². The minimum Gasteiger partial charge on any atom is -0.477 e. The molecule has 1 saturated heterocycles. The van der Waals surface area contributed by atoms with Gasteiger partial charge in [0.05, 0.1) is 21.6 Å². The van der Waals surface area contributed by atoms with Crippen LogP contribution in [0.25, 0.3) is 10.9 Å². The van der Waals surface area contributed by atoms with Gasteiger partial charge in [0.2, 0.25) is 5.43 Å². The summed E-state index contributed by atoms with van der Waals surface area (Å²) in [5.41, 5.74) is -0.340. The van der Waals surface area contributed by atoms with E-state index in [2.05, 4.69) is 19.2 Å². The molecule has 150 valence electrons. The van der Waals surface area contributed by atoms with Crippen molar-refractivity contribution >= 4 is 34.2 Å². The number of carboxylic acids is 1. The maximum Gasteiger partial charge on any atom is 0.341 e. The van der Waals surface area contributed by atoms with Crippen LogP contribution in [-0.4, -0.2) is 40.8 Å². The molecule has 0 bridgehead atoms. The van der Waals surface area contributed by atoms with E-state index >= 15 is 4.39 Å². The predicted molar refractivity (Wildman–Crippen MR) is 107 cm³/mol. The van der Waals surface area contributed by atoms with Gasteiger partial charge < -0.3 is 19.9 Å². The third kappa shape index (κ3) is 3.26. The molecule has 6 nitrogen and oxygen atoms in total. The average Bonchev–Trinajstić information content (AvgIpc) is 3.36. The summed E-state index contributed by atoms with van der Waals surface area (Å²) in [5.74, 6) is -1.91. The van der Waals surface area contributed by atoms with Crippen molar-refractivity contribution in [3.05, 3.63) is 38.9 Å². The van der Waals surface area contributed by atoms with Gasteiger partial charge in [-0.15, -0.1) is 0 Å². The summed E-state index contributed by atoms with van der Waals surface area (Å²) in [7, 11) is 0. The number of nitrogens with one attached hydrogen (secondary N) is 1. The molecule has 2 aromatic rings. The first-order chi connectivity index (χ1) is 13.3. The van der Waals surface area contributed by atoms with Crippen LogP contribution in [0.1, 0.15) is 49.5 Å². The second-order valence-corrected chi connectivity index (χ2v) is 8.36. The molecule has 2 heterocycles. The zero-order valence-electron chi connectivity index (χ0n) is 15.8. The van der Waals surface area contributed by atoms with Crippen molar-refractivity contribution < 1.29 is 14.3 Å². The molecule has 1 aliphatic heterocycles. The molecule has 0 spiro atoms.